The van der Waals surface area contributed by atoms with E-state index in [1.165, 1.54) is 24.3 Å². The molecule has 0 aliphatic heterocycles. The molecule has 0 aliphatic rings. The summed E-state index contributed by atoms with van der Waals surface area (Å²) < 4.78 is 45.4. The van der Waals surface area contributed by atoms with E-state index in [2.05, 4.69) is 4.74 Å². The molecule has 9 heteroatoms. The summed E-state index contributed by atoms with van der Waals surface area (Å²) in [5.41, 5.74) is 5.20. The Labute approximate surface area is 138 Å². The quantitative estimate of drug-likeness (QED) is 0.847. The van der Waals surface area contributed by atoms with Crippen LogP contribution in [-0.2, 0) is 0 Å². The van der Waals surface area contributed by atoms with Crippen molar-refractivity contribution in [3.05, 3.63) is 52.0 Å². The largest absolute Gasteiger partial charge is 0.573 e. The highest BCUT2D eigenvalue weighted by Crippen LogP contribution is 2.34. The fourth-order valence-electron chi connectivity index (χ4n) is 1.64. The highest BCUT2D eigenvalue weighted by molar-refractivity contribution is 6.42. The SMILES string of the molecule is NC(=O)c1cc(Cl)c(Cl)cc1Oc1ccc(OC(F)(F)F)cc1. The van der Waals surface area contributed by atoms with Gasteiger partial charge in [-0.25, -0.2) is 0 Å². The molecule has 0 unspecified atom stereocenters. The molecule has 0 heterocycles. The van der Waals surface area contributed by atoms with E-state index in [1.54, 1.807) is 0 Å². The van der Waals surface area contributed by atoms with Gasteiger partial charge in [-0.3, -0.25) is 4.79 Å². The van der Waals surface area contributed by atoms with Gasteiger partial charge < -0.3 is 15.2 Å². The molecule has 0 bridgehead atoms. The predicted octanol–water partition coefficient (Wildman–Crippen LogP) is 4.78. The fraction of sp³-hybridized carbons (Fsp3) is 0.0714. The van der Waals surface area contributed by atoms with E-state index in [0.29, 0.717) is 0 Å². The Kier molecular flexibility index (Phi) is 4.91. The molecule has 0 aromatic heterocycles. The molecule has 0 atom stereocenters. The predicted molar refractivity (Wildman–Crippen MR) is 78.2 cm³/mol. The summed E-state index contributed by atoms with van der Waals surface area (Å²) in [4.78, 5) is 11.4. The molecule has 2 N–H and O–H groups in total. The van der Waals surface area contributed by atoms with Crippen molar-refractivity contribution in [3.8, 4) is 17.2 Å². The summed E-state index contributed by atoms with van der Waals surface area (Å²) in [5, 5.41) is 0.241. The number of carbonyl (C=O) groups excluding carboxylic acids is 1. The fourth-order valence-corrected chi connectivity index (χ4v) is 1.96. The molecule has 2 aromatic carbocycles. The first-order valence-electron chi connectivity index (χ1n) is 5.98. The molecule has 122 valence electrons. The number of nitrogens with two attached hydrogens (primary N) is 1. The zero-order chi connectivity index (χ0) is 17.2. The van der Waals surface area contributed by atoms with E-state index in [4.69, 9.17) is 33.7 Å². The van der Waals surface area contributed by atoms with E-state index in [9.17, 15) is 18.0 Å². The van der Waals surface area contributed by atoms with Crippen molar-refractivity contribution in [1.82, 2.24) is 0 Å². The van der Waals surface area contributed by atoms with Crippen LogP contribution in [0.2, 0.25) is 10.0 Å². The van der Waals surface area contributed by atoms with Gasteiger partial charge in [-0.05, 0) is 30.3 Å². The maximum atomic E-state index is 12.1. The molecule has 0 aliphatic carbocycles. The van der Waals surface area contributed by atoms with Crippen LogP contribution >= 0.6 is 23.2 Å². The van der Waals surface area contributed by atoms with Gasteiger partial charge in [0.05, 0.1) is 15.6 Å². The molecule has 4 nitrogen and oxygen atoms in total. The zero-order valence-corrected chi connectivity index (χ0v) is 12.7. The summed E-state index contributed by atoms with van der Waals surface area (Å²) in [6.07, 6.45) is -4.79. The summed E-state index contributed by atoms with van der Waals surface area (Å²) in [7, 11) is 0. The van der Waals surface area contributed by atoms with Crippen LogP contribution < -0.4 is 15.2 Å². The van der Waals surface area contributed by atoms with E-state index in [-0.39, 0.29) is 27.1 Å². The molecule has 0 saturated heterocycles. The normalized spacial score (nSPS) is 11.2. The number of ether oxygens (including phenoxy) is 2. The Hall–Kier alpha value is -2.12. The van der Waals surface area contributed by atoms with Gasteiger partial charge in [0, 0.05) is 6.07 Å². The lowest BCUT2D eigenvalue weighted by Crippen LogP contribution is -2.16. The molecule has 2 aromatic rings. The summed E-state index contributed by atoms with van der Waals surface area (Å²) in [6.45, 7) is 0. The van der Waals surface area contributed by atoms with E-state index >= 15 is 0 Å². The van der Waals surface area contributed by atoms with Crippen molar-refractivity contribution in [2.45, 2.75) is 6.36 Å². The summed E-state index contributed by atoms with van der Waals surface area (Å²) >= 11 is 11.6. The second kappa shape index (κ2) is 6.55. The Morgan fingerprint density at radius 3 is 2.04 bits per heavy atom. The topological polar surface area (TPSA) is 61.6 Å². The van der Waals surface area contributed by atoms with Gasteiger partial charge in [0.2, 0.25) is 0 Å². The van der Waals surface area contributed by atoms with E-state index < -0.39 is 18.0 Å². The molecule has 0 fully saturated rings. The molecule has 23 heavy (non-hydrogen) atoms. The van der Waals surface area contributed by atoms with Crippen molar-refractivity contribution in [2.75, 3.05) is 0 Å². The average molecular weight is 366 g/mol. The number of primary amides is 1. The first-order chi connectivity index (χ1) is 10.7. The van der Waals surface area contributed by atoms with Crippen LogP contribution in [0.1, 0.15) is 10.4 Å². The van der Waals surface area contributed by atoms with Crippen LogP contribution in [0.15, 0.2) is 36.4 Å². The van der Waals surface area contributed by atoms with Crippen molar-refractivity contribution in [2.24, 2.45) is 5.73 Å². The minimum Gasteiger partial charge on any atom is -0.456 e. The number of rotatable bonds is 4. The lowest BCUT2D eigenvalue weighted by molar-refractivity contribution is -0.274. The first-order valence-corrected chi connectivity index (χ1v) is 6.74. The number of hydrogen-bond acceptors (Lipinski definition) is 3. The molecule has 0 radical (unpaired) electrons. The highest BCUT2D eigenvalue weighted by Gasteiger charge is 2.31. The maximum Gasteiger partial charge on any atom is 0.573 e. The highest BCUT2D eigenvalue weighted by atomic mass is 35.5. The molecule has 2 rings (SSSR count). The van der Waals surface area contributed by atoms with Gasteiger partial charge in [-0.2, -0.15) is 0 Å². The van der Waals surface area contributed by atoms with Gasteiger partial charge in [-0.15, -0.1) is 13.2 Å². The Bertz CT molecular complexity index is 733. The van der Waals surface area contributed by atoms with Crippen molar-refractivity contribution < 1.29 is 27.4 Å². The number of carbonyl (C=O) groups is 1. The zero-order valence-electron chi connectivity index (χ0n) is 11.2. The minimum absolute atomic E-state index is 0.0185. The lowest BCUT2D eigenvalue weighted by atomic mass is 10.2. The minimum atomic E-state index is -4.79. The first kappa shape index (κ1) is 17.2. The average Bonchev–Trinajstić information content (AvgIpc) is 2.43. The number of halogens is 5. The number of alkyl halides is 3. The van der Waals surface area contributed by atoms with Crippen LogP contribution in [0.3, 0.4) is 0 Å². The number of amides is 1. The second-order valence-electron chi connectivity index (χ2n) is 4.25. The van der Waals surface area contributed by atoms with Crippen LogP contribution in [-0.4, -0.2) is 12.3 Å². The standard InChI is InChI=1S/C14H8Cl2F3NO3/c15-10-5-9(13(20)21)12(6-11(10)16)22-7-1-3-8(4-2-7)23-14(17,18)19/h1-6H,(H2,20,21). The molecule has 1 amide bonds. The van der Waals surface area contributed by atoms with E-state index in [1.807, 2.05) is 0 Å². The summed E-state index contributed by atoms with van der Waals surface area (Å²) in [5.74, 6) is -1.03. The monoisotopic (exact) mass is 365 g/mol. The smallest absolute Gasteiger partial charge is 0.456 e. The van der Waals surface area contributed by atoms with Crippen molar-refractivity contribution in [1.29, 1.82) is 0 Å². The maximum absolute atomic E-state index is 12.1. The third kappa shape index (κ3) is 4.67. The molecule has 0 saturated carbocycles. The van der Waals surface area contributed by atoms with Crippen LogP contribution in [0.5, 0.6) is 17.2 Å². The van der Waals surface area contributed by atoms with Gasteiger partial charge in [-0.1, -0.05) is 23.2 Å². The Morgan fingerprint density at radius 1 is 1.00 bits per heavy atom. The van der Waals surface area contributed by atoms with Gasteiger partial charge in [0.1, 0.15) is 17.2 Å². The van der Waals surface area contributed by atoms with Gasteiger partial charge >= 0.3 is 6.36 Å². The lowest BCUT2D eigenvalue weighted by Gasteiger charge is -2.12. The van der Waals surface area contributed by atoms with Crippen LogP contribution in [0, 0.1) is 0 Å². The van der Waals surface area contributed by atoms with Gasteiger partial charge in [0.15, 0.2) is 0 Å². The Morgan fingerprint density at radius 2 is 1.52 bits per heavy atom. The second-order valence-corrected chi connectivity index (χ2v) is 5.06. The Balaban J connectivity index is 2.26. The van der Waals surface area contributed by atoms with E-state index in [0.717, 1.165) is 12.1 Å². The van der Waals surface area contributed by atoms with Crippen LogP contribution in [0.4, 0.5) is 13.2 Å². The number of hydrogen-bond donors (Lipinski definition) is 1. The van der Waals surface area contributed by atoms with Crippen molar-refractivity contribution >= 4 is 29.1 Å². The third-order valence-electron chi connectivity index (χ3n) is 2.57. The third-order valence-corrected chi connectivity index (χ3v) is 3.30. The number of benzene rings is 2. The molecular weight excluding hydrogens is 358 g/mol. The van der Waals surface area contributed by atoms with Crippen LogP contribution in [0.25, 0.3) is 0 Å². The molecular formula is C14H8Cl2F3NO3. The van der Waals surface area contributed by atoms with Gasteiger partial charge in [0.25, 0.3) is 5.91 Å². The molecule has 0 spiro atoms. The van der Waals surface area contributed by atoms with Crippen molar-refractivity contribution in [3.63, 3.8) is 0 Å². The summed E-state index contributed by atoms with van der Waals surface area (Å²) in [6, 6.07) is 7.10.